The molecule has 1 aliphatic heterocycles. The standard InChI is InChI=1S/C22H26FN3O/c1-27-15-14-26-21-5-3-2-4-20(21)24-22(26)18-10-12-25(13-11-18)16-17-6-8-19(23)9-7-17/h2-9,18H,10-16H2,1H3. The van der Waals surface area contributed by atoms with Crippen molar-refractivity contribution in [3.8, 4) is 0 Å². The average Bonchev–Trinajstić information content (AvgIpc) is 3.07. The van der Waals surface area contributed by atoms with Gasteiger partial charge in [-0.2, -0.15) is 0 Å². The quantitative estimate of drug-likeness (QED) is 0.654. The zero-order chi connectivity index (χ0) is 18.6. The first-order valence-corrected chi connectivity index (χ1v) is 9.65. The highest BCUT2D eigenvalue weighted by atomic mass is 19.1. The summed E-state index contributed by atoms with van der Waals surface area (Å²) in [5.74, 6) is 1.49. The van der Waals surface area contributed by atoms with Gasteiger partial charge in [0.25, 0.3) is 0 Å². The number of halogens is 1. The van der Waals surface area contributed by atoms with Gasteiger partial charge in [0, 0.05) is 26.1 Å². The van der Waals surface area contributed by atoms with Crippen LogP contribution in [0.15, 0.2) is 48.5 Å². The van der Waals surface area contributed by atoms with E-state index in [1.165, 1.54) is 16.9 Å². The van der Waals surface area contributed by atoms with Gasteiger partial charge in [-0.1, -0.05) is 24.3 Å². The van der Waals surface area contributed by atoms with E-state index in [0.29, 0.717) is 12.5 Å². The minimum absolute atomic E-state index is 0.174. The van der Waals surface area contributed by atoms with Crippen molar-refractivity contribution >= 4 is 11.0 Å². The number of nitrogens with zero attached hydrogens (tertiary/aromatic N) is 3. The van der Waals surface area contributed by atoms with Crippen LogP contribution in [0.3, 0.4) is 0 Å². The van der Waals surface area contributed by atoms with Crippen LogP contribution in [0.4, 0.5) is 4.39 Å². The summed E-state index contributed by atoms with van der Waals surface area (Å²) in [7, 11) is 1.74. The second-order valence-corrected chi connectivity index (χ2v) is 7.28. The number of para-hydroxylation sites is 2. The van der Waals surface area contributed by atoms with Crippen LogP contribution in [0, 0.1) is 5.82 Å². The number of hydrogen-bond donors (Lipinski definition) is 0. The second kappa shape index (κ2) is 8.19. The lowest BCUT2D eigenvalue weighted by molar-refractivity contribution is 0.181. The lowest BCUT2D eigenvalue weighted by atomic mass is 9.95. The molecule has 4 nitrogen and oxygen atoms in total. The van der Waals surface area contributed by atoms with E-state index in [9.17, 15) is 4.39 Å². The molecule has 0 atom stereocenters. The van der Waals surface area contributed by atoms with E-state index in [4.69, 9.17) is 9.72 Å². The Morgan fingerprint density at radius 3 is 2.56 bits per heavy atom. The third kappa shape index (κ3) is 4.04. The Morgan fingerprint density at radius 1 is 1.07 bits per heavy atom. The lowest BCUT2D eigenvalue weighted by Gasteiger charge is -2.32. The molecule has 0 amide bonds. The molecule has 0 bridgehead atoms. The van der Waals surface area contributed by atoms with Gasteiger partial charge >= 0.3 is 0 Å². The molecule has 1 fully saturated rings. The third-order valence-corrected chi connectivity index (χ3v) is 5.48. The van der Waals surface area contributed by atoms with Crippen molar-refractivity contribution in [2.24, 2.45) is 0 Å². The van der Waals surface area contributed by atoms with Crippen LogP contribution in [-0.4, -0.2) is 41.3 Å². The first kappa shape index (κ1) is 18.1. The van der Waals surface area contributed by atoms with Gasteiger partial charge in [-0.15, -0.1) is 0 Å². The van der Waals surface area contributed by atoms with Gasteiger partial charge < -0.3 is 9.30 Å². The van der Waals surface area contributed by atoms with Crippen LogP contribution in [0.5, 0.6) is 0 Å². The van der Waals surface area contributed by atoms with Gasteiger partial charge in [0.05, 0.1) is 17.6 Å². The molecule has 2 heterocycles. The molecule has 27 heavy (non-hydrogen) atoms. The highest BCUT2D eigenvalue weighted by Crippen LogP contribution is 2.30. The Bertz CT molecular complexity index is 882. The van der Waals surface area contributed by atoms with Crippen molar-refractivity contribution < 1.29 is 9.13 Å². The van der Waals surface area contributed by atoms with E-state index in [2.05, 4.69) is 27.7 Å². The maximum absolute atomic E-state index is 13.1. The molecule has 0 aliphatic carbocycles. The summed E-state index contributed by atoms with van der Waals surface area (Å²) in [6, 6.07) is 15.2. The topological polar surface area (TPSA) is 30.3 Å². The smallest absolute Gasteiger partial charge is 0.123 e. The molecule has 1 aliphatic rings. The molecule has 0 N–H and O–H groups in total. The number of methoxy groups -OCH3 is 1. The van der Waals surface area contributed by atoms with Crippen molar-refractivity contribution in [2.45, 2.75) is 31.8 Å². The van der Waals surface area contributed by atoms with Gasteiger partial charge in [0.1, 0.15) is 11.6 Å². The van der Waals surface area contributed by atoms with Crippen LogP contribution in [0.25, 0.3) is 11.0 Å². The number of hydrogen-bond acceptors (Lipinski definition) is 3. The molecule has 1 aromatic heterocycles. The van der Waals surface area contributed by atoms with E-state index >= 15 is 0 Å². The number of likely N-dealkylation sites (tertiary alicyclic amines) is 1. The van der Waals surface area contributed by atoms with Crippen LogP contribution in [0.1, 0.15) is 30.1 Å². The van der Waals surface area contributed by atoms with Crippen LogP contribution >= 0.6 is 0 Å². The average molecular weight is 367 g/mol. The number of piperidine rings is 1. The number of fused-ring (bicyclic) bond motifs is 1. The molecule has 0 spiro atoms. The first-order chi connectivity index (χ1) is 13.2. The third-order valence-electron chi connectivity index (χ3n) is 5.48. The van der Waals surface area contributed by atoms with Crippen LogP contribution < -0.4 is 0 Å². The van der Waals surface area contributed by atoms with Crippen molar-refractivity contribution in [3.05, 3.63) is 65.7 Å². The zero-order valence-corrected chi connectivity index (χ0v) is 15.8. The van der Waals surface area contributed by atoms with E-state index in [0.717, 1.165) is 44.5 Å². The van der Waals surface area contributed by atoms with Crippen molar-refractivity contribution in [2.75, 3.05) is 26.8 Å². The highest BCUT2D eigenvalue weighted by Gasteiger charge is 2.25. The molecule has 5 heteroatoms. The minimum Gasteiger partial charge on any atom is -0.383 e. The normalized spacial score (nSPS) is 16.2. The molecule has 0 unspecified atom stereocenters. The molecule has 2 aromatic carbocycles. The summed E-state index contributed by atoms with van der Waals surface area (Å²) in [5, 5.41) is 0. The number of imidazole rings is 1. The minimum atomic E-state index is -0.174. The Balaban J connectivity index is 1.46. The molecule has 3 aromatic rings. The Hall–Kier alpha value is -2.24. The van der Waals surface area contributed by atoms with Gasteiger partial charge in [-0.25, -0.2) is 9.37 Å². The molecule has 142 valence electrons. The zero-order valence-electron chi connectivity index (χ0n) is 15.8. The van der Waals surface area contributed by atoms with E-state index in [1.54, 1.807) is 19.2 Å². The summed E-state index contributed by atoms with van der Waals surface area (Å²) >= 11 is 0. The Morgan fingerprint density at radius 2 is 1.81 bits per heavy atom. The summed E-state index contributed by atoms with van der Waals surface area (Å²) in [6.45, 7) is 4.48. The largest absolute Gasteiger partial charge is 0.383 e. The number of ether oxygens (including phenoxy) is 1. The number of rotatable bonds is 6. The number of aromatic nitrogens is 2. The van der Waals surface area contributed by atoms with Gasteiger partial charge in [0.2, 0.25) is 0 Å². The number of benzene rings is 2. The first-order valence-electron chi connectivity index (χ1n) is 9.65. The predicted molar refractivity (Wildman–Crippen MR) is 105 cm³/mol. The summed E-state index contributed by atoms with van der Waals surface area (Å²) < 4.78 is 20.7. The summed E-state index contributed by atoms with van der Waals surface area (Å²) in [4.78, 5) is 7.41. The maximum atomic E-state index is 13.1. The Kier molecular flexibility index (Phi) is 5.50. The molecular formula is C22H26FN3O. The van der Waals surface area contributed by atoms with Crippen molar-refractivity contribution in [1.82, 2.24) is 14.5 Å². The van der Waals surface area contributed by atoms with Crippen LogP contribution in [-0.2, 0) is 17.8 Å². The van der Waals surface area contributed by atoms with E-state index in [1.807, 2.05) is 18.2 Å². The lowest BCUT2D eigenvalue weighted by Crippen LogP contribution is -2.33. The highest BCUT2D eigenvalue weighted by molar-refractivity contribution is 5.76. The van der Waals surface area contributed by atoms with Gasteiger partial charge in [0.15, 0.2) is 0 Å². The van der Waals surface area contributed by atoms with Gasteiger partial charge in [-0.05, 0) is 55.8 Å². The predicted octanol–water partition coefficient (Wildman–Crippen LogP) is 4.20. The monoisotopic (exact) mass is 367 g/mol. The summed E-state index contributed by atoms with van der Waals surface area (Å²) in [6.07, 6.45) is 2.19. The van der Waals surface area contributed by atoms with E-state index in [-0.39, 0.29) is 5.82 Å². The molecule has 1 saturated heterocycles. The maximum Gasteiger partial charge on any atom is 0.123 e. The Labute approximate surface area is 159 Å². The van der Waals surface area contributed by atoms with Crippen molar-refractivity contribution in [3.63, 3.8) is 0 Å². The fourth-order valence-electron chi connectivity index (χ4n) is 4.02. The molecular weight excluding hydrogens is 341 g/mol. The molecule has 0 radical (unpaired) electrons. The van der Waals surface area contributed by atoms with Crippen LogP contribution in [0.2, 0.25) is 0 Å². The molecule has 4 rings (SSSR count). The van der Waals surface area contributed by atoms with Gasteiger partial charge in [-0.3, -0.25) is 4.90 Å². The fraction of sp³-hybridized carbons (Fsp3) is 0.409. The second-order valence-electron chi connectivity index (χ2n) is 7.28. The fourth-order valence-corrected chi connectivity index (χ4v) is 4.02. The van der Waals surface area contributed by atoms with E-state index < -0.39 is 0 Å². The molecule has 0 saturated carbocycles. The SMILES string of the molecule is COCCn1c(C2CCN(Cc3ccc(F)cc3)CC2)nc2ccccc21. The summed E-state index contributed by atoms with van der Waals surface area (Å²) in [5.41, 5.74) is 3.43. The van der Waals surface area contributed by atoms with Crippen molar-refractivity contribution in [1.29, 1.82) is 0 Å².